The van der Waals surface area contributed by atoms with Gasteiger partial charge in [0.2, 0.25) is 0 Å². The molecule has 1 aliphatic rings. The summed E-state index contributed by atoms with van der Waals surface area (Å²) in [5.41, 5.74) is 0.0736. The molecule has 12 nitrogen and oxygen atoms in total. The van der Waals surface area contributed by atoms with Gasteiger partial charge in [-0.3, -0.25) is 35.1 Å². The molecule has 0 aromatic heterocycles. The molecule has 0 aliphatic carbocycles. The number of anilines is 1. The Labute approximate surface area is 216 Å². The minimum Gasteiger partial charge on any atom is -0.488 e. The lowest BCUT2D eigenvalue weighted by Gasteiger charge is -2.26. The second kappa shape index (κ2) is 10.4. The van der Waals surface area contributed by atoms with Gasteiger partial charge in [-0.2, -0.15) is 0 Å². The zero-order valence-electron chi connectivity index (χ0n) is 18.6. The predicted octanol–water partition coefficient (Wildman–Crippen LogP) is 4.51. The molecule has 1 saturated heterocycles. The van der Waals surface area contributed by atoms with Crippen molar-refractivity contribution in [1.82, 2.24) is 5.32 Å². The maximum Gasteiger partial charge on any atom is 0.335 e. The van der Waals surface area contributed by atoms with E-state index >= 15 is 0 Å². The highest BCUT2D eigenvalue weighted by atomic mass is 79.9. The van der Waals surface area contributed by atoms with Crippen LogP contribution in [0.2, 0.25) is 0 Å². The molecule has 13 heteroatoms. The minimum atomic E-state index is -1.04. The van der Waals surface area contributed by atoms with Gasteiger partial charge in [-0.15, -0.1) is 0 Å². The number of nitrogens with zero attached hydrogens (tertiary/aromatic N) is 3. The van der Waals surface area contributed by atoms with Gasteiger partial charge >= 0.3 is 6.03 Å². The third-order valence-corrected chi connectivity index (χ3v) is 5.71. The Morgan fingerprint density at radius 2 is 1.62 bits per heavy atom. The normalized spacial score (nSPS) is 14.5. The van der Waals surface area contributed by atoms with Crippen molar-refractivity contribution < 1.29 is 29.0 Å². The molecule has 0 spiro atoms. The van der Waals surface area contributed by atoms with Crippen LogP contribution >= 0.6 is 15.9 Å². The van der Waals surface area contributed by atoms with E-state index in [2.05, 4.69) is 21.2 Å². The van der Waals surface area contributed by atoms with E-state index in [1.54, 1.807) is 18.2 Å². The fourth-order valence-corrected chi connectivity index (χ4v) is 3.81. The summed E-state index contributed by atoms with van der Waals surface area (Å²) in [6.45, 7) is 0.0359. The lowest BCUT2D eigenvalue weighted by molar-refractivity contribution is -0.385. The van der Waals surface area contributed by atoms with E-state index in [1.165, 1.54) is 48.5 Å². The van der Waals surface area contributed by atoms with E-state index in [-0.39, 0.29) is 29.4 Å². The number of carbonyl (C=O) groups is 3. The lowest BCUT2D eigenvalue weighted by Crippen LogP contribution is -2.54. The average Bonchev–Trinajstić information content (AvgIpc) is 2.86. The number of nitro benzene ring substituents is 2. The van der Waals surface area contributed by atoms with Gasteiger partial charge in [0.15, 0.2) is 0 Å². The Morgan fingerprint density at radius 1 is 0.919 bits per heavy atom. The van der Waals surface area contributed by atoms with Crippen LogP contribution in [-0.2, 0) is 16.2 Å². The molecule has 0 bridgehead atoms. The van der Waals surface area contributed by atoms with Crippen LogP contribution in [0.4, 0.5) is 21.9 Å². The molecule has 1 aliphatic heterocycles. The first kappa shape index (κ1) is 25.2. The van der Waals surface area contributed by atoms with Crippen LogP contribution in [0.5, 0.6) is 5.75 Å². The molecule has 186 valence electrons. The second-order valence-electron chi connectivity index (χ2n) is 7.63. The summed E-state index contributed by atoms with van der Waals surface area (Å²) in [5.74, 6) is -1.64. The molecule has 0 unspecified atom stereocenters. The SMILES string of the molecule is O=C1NC(=O)N(c2cccc([N+](=O)[O-])c2)C(=O)/C1=C/c1cc(Br)ccc1OCc1ccc([N+](=O)[O-])cc1. The van der Waals surface area contributed by atoms with Crippen LogP contribution in [0, 0.1) is 20.2 Å². The standard InChI is InChI=1S/C24H15BrN4O8/c25-16-6-9-21(37-13-14-4-7-17(8-5-14)28(33)34)15(10-16)11-20-22(30)26-24(32)27(23(20)31)18-2-1-3-19(12-18)29(35)36/h1-12H,13H2,(H,26,30,32)/b20-11+. The summed E-state index contributed by atoms with van der Waals surface area (Å²) in [4.78, 5) is 59.6. The van der Waals surface area contributed by atoms with Crippen molar-refractivity contribution in [3.8, 4) is 5.75 Å². The summed E-state index contributed by atoms with van der Waals surface area (Å²) in [6.07, 6.45) is 1.24. The van der Waals surface area contributed by atoms with Crippen LogP contribution < -0.4 is 15.0 Å². The molecule has 37 heavy (non-hydrogen) atoms. The fourth-order valence-electron chi connectivity index (χ4n) is 3.43. The number of hydrogen-bond donors (Lipinski definition) is 1. The quantitative estimate of drug-likeness (QED) is 0.189. The number of nitro groups is 2. The number of nitrogens with one attached hydrogen (secondary N) is 1. The Kier molecular flexibility index (Phi) is 7.06. The van der Waals surface area contributed by atoms with Crippen molar-refractivity contribution >= 4 is 56.9 Å². The molecule has 3 aromatic rings. The highest BCUT2D eigenvalue weighted by molar-refractivity contribution is 9.10. The number of barbiturate groups is 1. The molecule has 1 heterocycles. The van der Waals surface area contributed by atoms with Gasteiger partial charge in [-0.1, -0.05) is 22.0 Å². The highest BCUT2D eigenvalue weighted by Gasteiger charge is 2.37. The largest absolute Gasteiger partial charge is 0.488 e. The van der Waals surface area contributed by atoms with Gasteiger partial charge in [0.1, 0.15) is 17.9 Å². The van der Waals surface area contributed by atoms with Gasteiger partial charge < -0.3 is 4.74 Å². The van der Waals surface area contributed by atoms with Crippen molar-refractivity contribution in [2.75, 3.05) is 4.90 Å². The zero-order valence-corrected chi connectivity index (χ0v) is 20.2. The Hall–Kier alpha value is -4.91. The van der Waals surface area contributed by atoms with Crippen LogP contribution in [0.15, 0.2) is 76.8 Å². The van der Waals surface area contributed by atoms with Gasteiger partial charge in [0.05, 0.1) is 15.5 Å². The van der Waals surface area contributed by atoms with Crippen molar-refractivity contribution in [2.24, 2.45) is 0 Å². The van der Waals surface area contributed by atoms with E-state index in [0.29, 0.717) is 20.5 Å². The van der Waals surface area contributed by atoms with Crippen LogP contribution in [-0.4, -0.2) is 27.7 Å². The van der Waals surface area contributed by atoms with Gasteiger partial charge in [0.25, 0.3) is 23.2 Å². The van der Waals surface area contributed by atoms with Gasteiger partial charge in [-0.25, -0.2) is 9.69 Å². The molecule has 0 saturated carbocycles. The Bertz CT molecular complexity index is 1490. The van der Waals surface area contributed by atoms with E-state index in [9.17, 15) is 34.6 Å². The summed E-state index contributed by atoms with van der Waals surface area (Å²) in [6, 6.07) is 14.5. The topological polar surface area (TPSA) is 162 Å². The number of imide groups is 2. The maximum absolute atomic E-state index is 13.2. The molecule has 0 atom stereocenters. The monoisotopic (exact) mass is 566 g/mol. The second-order valence-corrected chi connectivity index (χ2v) is 8.54. The van der Waals surface area contributed by atoms with E-state index < -0.39 is 33.3 Å². The van der Waals surface area contributed by atoms with E-state index in [0.717, 1.165) is 6.07 Å². The number of ether oxygens (including phenoxy) is 1. The fraction of sp³-hybridized carbons (Fsp3) is 0.0417. The molecule has 4 rings (SSSR count). The van der Waals surface area contributed by atoms with Crippen molar-refractivity contribution in [3.63, 3.8) is 0 Å². The molecular weight excluding hydrogens is 552 g/mol. The number of non-ortho nitro benzene ring substituents is 2. The van der Waals surface area contributed by atoms with Crippen molar-refractivity contribution in [2.45, 2.75) is 6.61 Å². The molecule has 3 aromatic carbocycles. The van der Waals surface area contributed by atoms with Gasteiger partial charge in [0, 0.05) is 34.3 Å². The van der Waals surface area contributed by atoms with Crippen molar-refractivity contribution in [3.05, 3.63) is 108 Å². The van der Waals surface area contributed by atoms with Gasteiger partial charge in [-0.05, 0) is 48.0 Å². The molecule has 0 radical (unpaired) electrons. The third-order valence-electron chi connectivity index (χ3n) is 5.21. The lowest BCUT2D eigenvalue weighted by atomic mass is 10.1. The number of benzene rings is 3. The summed E-state index contributed by atoms with van der Waals surface area (Å²) in [7, 11) is 0. The number of amides is 4. The molecule has 4 amide bonds. The summed E-state index contributed by atoms with van der Waals surface area (Å²) in [5, 5.41) is 24.0. The first-order chi connectivity index (χ1) is 17.6. The van der Waals surface area contributed by atoms with E-state index in [1.807, 2.05) is 0 Å². The number of carbonyl (C=O) groups excluding carboxylic acids is 3. The first-order valence-electron chi connectivity index (χ1n) is 10.5. The Morgan fingerprint density at radius 3 is 2.30 bits per heavy atom. The molecular formula is C24H15BrN4O8. The summed E-state index contributed by atoms with van der Waals surface area (Å²) >= 11 is 3.33. The van der Waals surface area contributed by atoms with Crippen LogP contribution in [0.3, 0.4) is 0 Å². The molecule has 1 fully saturated rings. The number of urea groups is 1. The smallest absolute Gasteiger partial charge is 0.335 e. The van der Waals surface area contributed by atoms with Crippen LogP contribution in [0.1, 0.15) is 11.1 Å². The zero-order chi connectivity index (χ0) is 26.7. The maximum atomic E-state index is 13.2. The highest BCUT2D eigenvalue weighted by Crippen LogP contribution is 2.30. The first-order valence-corrected chi connectivity index (χ1v) is 11.2. The number of hydrogen-bond acceptors (Lipinski definition) is 8. The number of halogens is 1. The third kappa shape index (κ3) is 5.51. The van der Waals surface area contributed by atoms with Crippen molar-refractivity contribution in [1.29, 1.82) is 0 Å². The molecule has 1 N–H and O–H groups in total. The minimum absolute atomic E-state index is 0.0359. The predicted molar refractivity (Wildman–Crippen MR) is 134 cm³/mol. The Balaban J connectivity index is 1.65. The summed E-state index contributed by atoms with van der Waals surface area (Å²) < 4.78 is 6.44. The van der Waals surface area contributed by atoms with E-state index in [4.69, 9.17) is 4.74 Å². The average molecular weight is 567 g/mol. The number of rotatable bonds is 7. The van der Waals surface area contributed by atoms with Crippen LogP contribution in [0.25, 0.3) is 6.08 Å².